The van der Waals surface area contributed by atoms with Crippen molar-refractivity contribution in [3.05, 3.63) is 60.2 Å². The van der Waals surface area contributed by atoms with Crippen LogP contribution in [-0.2, 0) is 10.0 Å². The van der Waals surface area contributed by atoms with E-state index in [2.05, 4.69) is 10.6 Å². The number of hydrogen-bond donors (Lipinski definition) is 2. The normalized spacial score (nSPS) is 11.3. The van der Waals surface area contributed by atoms with Crippen LogP contribution < -0.4 is 10.6 Å². The van der Waals surface area contributed by atoms with E-state index in [0.29, 0.717) is 5.69 Å². The second-order valence-electron chi connectivity index (χ2n) is 5.39. The molecule has 24 heavy (non-hydrogen) atoms. The molecule has 0 aliphatic heterocycles. The highest BCUT2D eigenvalue weighted by molar-refractivity contribution is 7.89. The zero-order valence-electron chi connectivity index (χ0n) is 13.7. The summed E-state index contributed by atoms with van der Waals surface area (Å²) in [6.07, 6.45) is 0. The molecule has 2 aromatic rings. The van der Waals surface area contributed by atoms with Gasteiger partial charge in [-0.25, -0.2) is 13.2 Å². The highest BCUT2D eigenvalue weighted by atomic mass is 32.2. The summed E-state index contributed by atoms with van der Waals surface area (Å²) in [7, 11) is -2.06. The molecule has 0 radical (unpaired) electrons. The molecule has 0 bridgehead atoms. The van der Waals surface area contributed by atoms with Crippen molar-refractivity contribution in [2.45, 2.75) is 11.8 Å². The maximum absolute atomic E-state index is 12.4. The monoisotopic (exact) mass is 347 g/mol. The third kappa shape index (κ3) is 4.81. The number of urea groups is 1. The highest BCUT2D eigenvalue weighted by Crippen LogP contribution is 2.14. The van der Waals surface area contributed by atoms with E-state index < -0.39 is 10.0 Å². The number of para-hydroxylation sites is 1. The summed E-state index contributed by atoms with van der Waals surface area (Å²) < 4.78 is 26.0. The van der Waals surface area contributed by atoms with Crippen LogP contribution in [0.25, 0.3) is 0 Å². The predicted octanol–water partition coefficient (Wildman–Crippen LogP) is 2.44. The van der Waals surface area contributed by atoms with Crippen molar-refractivity contribution in [2.24, 2.45) is 0 Å². The molecule has 0 heterocycles. The average molecular weight is 347 g/mol. The number of carbonyl (C=O) groups excluding carboxylic acids is 1. The molecule has 2 amide bonds. The molecule has 2 aromatic carbocycles. The quantitative estimate of drug-likeness (QED) is 0.842. The SMILES string of the molecule is Cc1ccc(S(=O)(=O)N(C)CCNC(=O)Nc2ccccc2)cc1. The molecule has 2 N–H and O–H groups in total. The van der Waals surface area contributed by atoms with Gasteiger partial charge >= 0.3 is 6.03 Å². The summed E-state index contributed by atoms with van der Waals surface area (Å²) in [5.74, 6) is 0. The van der Waals surface area contributed by atoms with Crippen LogP contribution in [0.3, 0.4) is 0 Å². The molecule has 0 fully saturated rings. The van der Waals surface area contributed by atoms with Gasteiger partial charge in [-0.2, -0.15) is 4.31 Å². The van der Waals surface area contributed by atoms with Crippen LogP contribution in [0.5, 0.6) is 0 Å². The first kappa shape index (κ1) is 18.0. The van der Waals surface area contributed by atoms with Gasteiger partial charge in [0.05, 0.1) is 4.90 Å². The predicted molar refractivity (Wildman–Crippen MR) is 94.5 cm³/mol. The Morgan fingerprint density at radius 1 is 1.04 bits per heavy atom. The van der Waals surface area contributed by atoms with Crippen LogP contribution in [-0.4, -0.2) is 38.9 Å². The first-order chi connectivity index (χ1) is 11.4. The zero-order chi connectivity index (χ0) is 17.6. The van der Waals surface area contributed by atoms with Gasteiger partial charge in [0.2, 0.25) is 10.0 Å². The second kappa shape index (κ2) is 7.94. The lowest BCUT2D eigenvalue weighted by Gasteiger charge is -2.17. The standard InChI is InChI=1S/C17H21N3O3S/c1-14-8-10-16(11-9-14)24(22,23)20(2)13-12-18-17(21)19-15-6-4-3-5-7-15/h3-11H,12-13H2,1-2H3,(H2,18,19,21). The molecule has 0 unspecified atom stereocenters. The minimum atomic E-state index is -3.55. The van der Waals surface area contributed by atoms with Gasteiger partial charge in [-0.05, 0) is 31.2 Å². The Morgan fingerprint density at radius 3 is 2.29 bits per heavy atom. The van der Waals surface area contributed by atoms with E-state index in [4.69, 9.17) is 0 Å². The highest BCUT2D eigenvalue weighted by Gasteiger charge is 2.20. The minimum Gasteiger partial charge on any atom is -0.337 e. The fraction of sp³-hybridized carbons (Fsp3) is 0.235. The first-order valence-electron chi connectivity index (χ1n) is 7.52. The molecular formula is C17H21N3O3S. The Hall–Kier alpha value is -2.38. The van der Waals surface area contributed by atoms with Crippen LogP contribution in [0.15, 0.2) is 59.5 Å². The fourth-order valence-electron chi connectivity index (χ4n) is 2.03. The largest absolute Gasteiger partial charge is 0.337 e. The number of benzene rings is 2. The van der Waals surface area contributed by atoms with Crippen LogP contribution in [0.2, 0.25) is 0 Å². The Kier molecular flexibility index (Phi) is 5.94. The Balaban J connectivity index is 1.85. The number of hydrogen-bond acceptors (Lipinski definition) is 3. The number of aryl methyl sites for hydroxylation is 1. The van der Waals surface area contributed by atoms with Gasteiger partial charge in [-0.1, -0.05) is 35.9 Å². The van der Waals surface area contributed by atoms with E-state index in [-0.39, 0.29) is 24.0 Å². The molecule has 0 atom stereocenters. The van der Waals surface area contributed by atoms with Gasteiger partial charge in [0, 0.05) is 25.8 Å². The number of nitrogens with one attached hydrogen (secondary N) is 2. The van der Waals surface area contributed by atoms with E-state index in [0.717, 1.165) is 5.56 Å². The lowest BCUT2D eigenvalue weighted by Crippen LogP contribution is -2.37. The Labute approximate surface area is 142 Å². The van der Waals surface area contributed by atoms with E-state index in [1.807, 2.05) is 25.1 Å². The smallest absolute Gasteiger partial charge is 0.319 e. The van der Waals surface area contributed by atoms with Gasteiger partial charge in [-0.15, -0.1) is 0 Å². The fourth-order valence-corrected chi connectivity index (χ4v) is 3.21. The van der Waals surface area contributed by atoms with Crippen LogP contribution >= 0.6 is 0 Å². The Morgan fingerprint density at radius 2 is 1.67 bits per heavy atom. The van der Waals surface area contributed by atoms with Crippen molar-refractivity contribution in [2.75, 3.05) is 25.5 Å². The molecule has 0 saturated carbocycles. The maximum atomic E-state index is 12.4. The minimum absolute atomic E-state index is 0.179. The number of sulfonamides is 1. The number of likely N-dealkylation sites (N-methyl/N-ethyl adjacent to an activating group) is 1. The molecule has 0 saturated heterocycles. The lowest BCUT2D eigenvalue weighted by atomic mass is 10.2. The maximum Gasteiger partial charge on any atom is 0.319 e. The van der Waals surface area contributed by atoms with Crippen LogP contribution in [0, 0.1) is 6.92 Å². The molecule has 6 nitrogen and oxygen atoms in total. The lowest BCUT2D eigenvalue weighted by molar-refractivity contribution is 0.251. The average Bonchev–Trinajstić information content (AvgIpc) is 2.56. The number of nitrogens with zero attached hydrogens (tertiary/aromatic N) is 1. The van der Waals surface area contributed by atoms with Crippen LogP contribution in [0.1, 0.15) is 5.56 Å². The van der Waals surface area contributed by atoms with Crippen molar-refractivity contribution < 1.29 is 13.2 Å². The van der Waals surface area contributed by atoms with Crippen molar-refractivity contribution in [1.82, 2.24) is 9.62 Å². The topological polar surface area (TPSA) is 78.5 Å². The zero-order valence-corrected chi connectivity index (χ0v) is 14.5. The van der Waals surface area contributed by atoms with Gasteiger partial charge in [-0.3, -0.25) is 0 Å². The molecule has 0 aromatic heterocycles. The summed E-state index contributed by atoms with van der Waals surface area (Å²) in [5.41, 5.74) is 1.67. The molecule has 128 valence electrons. The van der Waals surface area contributed by atoms with Crippen molar-refractivity contribution in [3.8, 4) is 0 Å². The molecular weight excluding hydrogens is 326 g/mol. The Bertz CT molecular complexity index is 774. The van der Waals surface area contributed by atoms with Crippen LogP contribution in [0.4, 0.5) is 10.5 Å². The number of amides is 2. The summed E-state index contributed by atoms with van der Waals surface area (Å²) >= 11 is 0. The first-order valence-corrected chi connectivity index (χ1v) is 8.96. The van der Waals surface area contributed by atoms with E-state index in [9.17, 15) is 13.2 Å². The van der Waals surface area contributed by atoms with Gasteiger partial charge in [0.1, 0.15) is 0 Å². The number of carbonyl (C=O) groups is 1. The summed E-state index contributed by atoms with van der Waals surface area (Å²) in [5, 5.41) is 5.31. The van der Waals surface area contributed by atoms with Crippen molar-refractivity contribution >= 4 is 21.7 Å². The third-order valence-electron chi connectivity index (χ3n) is 3.47. The molecule has 7 heteroatoms. The van der Waals surface area contributed by atoms with E-state index in [1.54, 1.807) is 36.4 Å². The molecule has 0 aliphatic rings. The van der Waals surface area contributed by atoms with Gasteiger partial charge in [0.15, 0.2) is 0 Å². The van der Waals surface area contributed by atoms with E-state index >= 15 is 0 Å². The molecule has 2 rings (SSSR count). The van der Waals surface area contributed by atoms with Gasteiger partial charge < -0.3 is 10.6 Å². The second-order valence-corrected chi connectivity index (χ2v) is 7.43. The molecule has 0 aliphatic carbocycles. The molecule has 0 spiro atoms. The number of rotatable bonds is 6. The summed E-state index contributed by atoms with van der Waals surface area (Å²) in [6, 6.07) is 15.3. The number of anilines is 1. The summed E-state index contributed by atoms with van der Waals surface area (Å²) in [6.45, 7) is 2.29. The summed E-state index contributed by atoms with van der Waals surface area (Å²) in [4.78, 5) is 12.0. The van der Waals surface area contributed by atoms with E-state index in [1.165, 1.54) is 11.4 Å². The van der Waals surface area contributed by atoms with Crippen molar-refractivity contribution in [3.63, 3.8) is 0 Å². The van der Waals surface area contributed by atoms with Gasteiger partial charge in [0.25, 0.3) is 0 Å². The van der Waals surface area contributed by atoms with Crippen molar-refractivity contribution in [1.29, 1.82) is 0 Å². The third-order valence-corrected chi connectivity index (χ3v) is 5.34.